The topological polar surface area (TPSA) is 79.0 Å². The summed E-state index contributed by atoms with van der Waals surface area (Å²) < 4.78 is 5.19. The number of ether oxygens (including phenoxy) is 1. The maximum Gasteiger partial charge on any atom is 0.332 e. The molecule has 7 nitrogen and oxygen atoms in total. The van der Waals surface area contributed by atoms with E-state index in [0.29, 0.717) is 31.9 Å². The number of benzene rings is 1. The van der Waals surface area contributed by atoms with Gasteiger partial charge in [0.05, 0.1) is 0 Å². The highest BCUT2D eigenvalue weighted by molar-refractivity contribution is 6.15. The fraction of sp³-hybridized carbons (Fsp3) is 0.500. The Morgan fingerprint density at radius 2 is 1.92 bits per heavy atom. The summed E-state index contributed by atoms with van der Waals surface area (Å²) in [7, 11) is 0. The number of hydrogen-bond donors (Lipinski definition) is 1. The smallest absolute Gasteiger partial charge is 0.332 e. The summed E-state index contributed by atoms with van der Waals surface area (Å²) in [5.74, 6) is -0.716. The van der Waals surface area contributed by atoms with E-state index < -0.39 is 12.1 Å². The molecule has 1 N–H and O–H groups in total. The number of carbonyl (C=O) groups is 3. The third kappa shape index (κ3) is 4.57. The molecule has 0 aromatic heterocycles. The van der Waals surface area contributed by atoms with Gasteiger partial charge in [0.1, 0.15) is 12.6 Å². The first-order valence-electron chi connectivity index (χ1n) is 8.51. The molecule has 0 spiro atoms. The summed E-state index contributed by atoms with van der Waals surface area (Å²) in [6.07, 6.45) is 0.688. The van der Waals surface area contributed by atoms with Crippen LogP contribution in [0.1, 0.15) is 25.8 Å². The summed E-state index contributed by atoms with van der Waals surface area (Å²) in [5, 5.41) is 2.70. The van der Waals surface area contributed by atoms with Crippen molar-refractivity contribution in [2.45, 2.75) is 33.2 Å². The summed E-state index contributed by atoms with van der Waals surface area (Å²) in [4.78, 5) is 39.4. The van der Waals surface area contributed by atoms with Crippen molar-refractivity contribution >= 4 is 23.5 Å². The van der Waals surface area contributed by atoms with Crippen LogP contribution in [0, 0.1) is 6.92 Å². The number of urea groups is 1. The molecule has 1 atom stereocenters. The number of rotatable bonds is 8. The SMILES string of the molecule is CCOCCCNC(=O)CN1C(=O)C(C)N(c2ccc(C)cc2)C1=O. The molecule has 25 heavy (non-hydrogen) atoms. The van der Waals surface area contributed by atoms with Gasteiger partial charge in [-0.3, -0.25) is 19.4 Å². The summed E-state index contributed by atoms with van der Waals surface area (Å²) in [6.45, 7) is 6.91. The minimum atomic E-state index is -0.624. The van der Waals surface area contributed by atoms with E-state index in [2.05, 4.69) is 5.32 Å². The van der Waals surface area contributed by atoms with E-state index in [9.17, 15) is 14.4 Å². The van der Waals surface area contributed by atoms with Gasteiger partial charge in [0.15, 0.2) is 0 Å². The van der Waals surface area contributed by atoms with Crippen molar-refractivity contribution in [2.75, 3.05) is 31.2 Å². The minimum absolute atomic E-state index is 0.265. The van der Waals surface area contributed by atoms with Crippen LogP contribution in [-0.4, -0.2) is 55.1 Å². The van der Waals surface area contributed by atoms with Crippen molar-refractivity contribution in [2.24, 2.45) is 0 Å². The average molecular weight is 347 g/mol. The number of carbonyl (C=O) groups excluding carboxylic acids is 3. The van der Waals surface area contributed by atoms with Crippen molar-refractivity contribution in [3.8, 4) is 0 Å². The van der Waals surface area contributed by atoms with E-state index in [1.54, 1.807) is 19.1 Å². The van der Waals surface area contributed by atoms with E-state index in [1.165, 1.54) is 4.90 Å². The second-order valence-corrected chi connectivity index (χ2v) is 5.99. The lowest BCUT2D eigenvalue weighted by Crippen LogP contribution is -2.41. The molecule has 2 rings (SSSR count). The molecule has 0 aliphatic carbocycles. The molecule has 4 amide bonds. The van der Waals surface area contributed by atoms with Crippen molar-refractivity contribution in [1.29, 1.82) is 0 Å². The molecule has 1 aromatic rings. The molecule has 0 saturated carbocycles. The number of imide groups is 1. The van der Waals surface area contributed by atoms with Crippen LogP contribution in [0.15, 0.2) is 24.3 Å². The lowest BCUT2D eigenvalue weighted by atomic mass is 10.2. The van der Waals surface area contributed by atoms with Crippen LogP contribution in [0.4, 0.5) is 10.5 Å². The number of nitrogens with one attached hydrogen (secondary N) is 1. The number of amides is 4. The Labute approximate surface area is 147 Å². The number of aryl methyl sites for hydroxylation is 1. The van der Waals surface area contributed by atoms with Crippen molar-refractivity contribution in [1.82, 2.24) is 10.2 Å². The predicted octanol–water partition coefficient (Wildman–Crippen LogP) is 1.69. The Bertz CT molecular complexity index is 630. The van der Waals surface area contributed by atoms with Gasteiger partial charge in [0.25, 0.3) is 5.91 Å². The van der Waals surface area contributed by atoms with E-state index >= 15 is 0 Å². The van der Waals surface area contributed by atoms with Crippen molar-refractivity contribution < 1.29 is 19.1 Å². The van der Waals surface area contributed by atoms with E-state index in [-0.39, 0.29) is 18.4 Å². The monoisotopic (exact) mass is 347 g/mol. The molecule has 1 aliphatic heterocycles. The maximum absolute atomic E-state index is 12.6. The van der Waals surface area contributed by atoms with Crippen molar-refractivity contribution in [3.63, 3.8) is 0 Å². The third-order valence-corrected chi connectivity index (χ3v) is 4.05. The molecule has 1 fully saturated rings. The molecular formula is C18H25N3O4. The normalized spacial score (nSPS) is 17.3. The van der Waals surface area contributed by atoms with Gasteiger partial charge >= 0.3 is 6.03 Å². The van der Waals surface area contributed by atoms with Crippen LogP contribution in [0.5, 0.6) is 0 Å². The highest BCUT2D eigenvalue weighted by Crippen LogP contribution is 2.25. The lowest BCUT2D eigenvalue weighted by molar-refractivity contribution is -0.131. The van der Waals surface area contributed by atoms with Crippen LogP contribution in [-0.2, 0) is 14.3 Å². The number of nitrogens with zero attached hydrogens (tertiary/aromatic N) is 2. The van der Waals surface area contributed by atoms with Crippen LogP contribution < -0.4 is 10.2 Å². The standard InChI is InChI=1S/C18H25N3O4/c1-4-25-11-5-10-19-16(22)12-20-17(23)14(3)21(18(20)24)15-8-6-13(2)7-9-15/h6-9,14H,4-5,10-12H2,1-3H3,(H,19,22). The maximum atomic E-state index is 12.6. The second kappa shape index (κ2) is 8.62. The Balaban J connectivity index is 1.95. The summed E-state index contributed by atoms with van der Waals surface area (Å²) >= 11 is 0. The Morgan fingerprint density at radius 1 is 1.24 bits per heavy atom. The molecular weight excluding hydrogens is 322 g/mol. The van der Waals surface area contributed by atoms with Gasteiger partial charge in [-0.25, -0.2) is 4.79 Å². The van der Waals surface area contributed by atoms with Gasteiger partial charge < -0.3 is 10.1 Å². The second-order valence-electron chi connectivity index (χ2n) is 5.99. The minimum Gasteiger partial charge on any atom is -0.382 e. The summed E-state index contributed by atoms with van der Waals surface area (Å²) in [6, 6.07) is 6.27. The largest absolute Gasteiger partial charge is 0.382 e. The summed E-state index contributed by atoms with van der Waals surface area (Å²) in [5.41, 5.74) is 1.72. The van der Waals surface area contributed by atoms with Gasteiger partial charge in [-0.05, 0) is 39.3 Å². The van der Waals surface area contributed by atoms with Crippen LogP contribution in [0.2, 0.25) is 0 Å². The van der Waals surface area contributed by atoms with Crippen LogP contribution in [0.3, 0.4) is 0 Å². The third-order valence-electron chi connectivity index (χ3n) is 4.05. The highest BCUT2D eigenvalue weighted by Gasteiger charge is 2.43. The number of hydrogen-bond acceptors (Lipinski definition) is 4. The molecule has 1 aliphatic rings. The average Bonchev–Trinajstić information content (AvgIpc) is 2.79. The fourth-order valence-electron chi connectivity index (χ4n) is 2.66. The molecule has 1 saturated heterocycles. The Kier molecular flexibility index (Phi) is 6.52. The van der Waals surface area contributed by atoms with Gasteiger partial charge in [-0.2, -0.15) is 0 Å². The molecule has 1 heterocycles. The first-order valence-corrected chi connectivity index (χ1v) is 8.51. The first kappa shape index (κ1) is 18.9. The zero-order valence-corrected chi connectivity index (χ0v) is 14.9. The molecule has 1 aromatic carbocycles. The van der Waals surface area contributed by atoms with Crippen LogP contribution >= 0.6 is 0 Å². The molecule has 0 bridgehead atoms. The Hall–Kier alpha value is -2.41. The quantitative estimate of drug-likeness (QED) is 0.573. The zero-order valence-electron chi connectivity index (χ0n) is 14.9. The fourth-order valence-corrected chi connectivity index (χ4v) is 2.66. The predicted molar refractivity (Wildman–Crippen MR) is 94.3 cm³/mol. The molecule has 136 valence electrons. The van der Waals surface area contributed by atoms with Crippen LogP contribution in [0.25, 0.3) is 0 Å². The van der Waals surface area contributed by atoms with Gasteiger partial charge in [-0.15, -0.1) is 0 Å². The van der Waals surface area contributed by atoms with Gasteiger partial charge in [0, 0.05) is 25.4 Å². The molecule has 1 unspecified atom stereocenters. The van der Waals surface area contributed by atoms with Gasteiger partial charge in [0.2, 0.25) is 5.91 Å². The molecule has 0 radical (unpaired) electrons. The van der Waals surface area contributed by atoms with E-state index in [1.807, 2.05) is 26.0 Å². The van der Waals surface area contributed by atoms with E-state index in [0.717, 1.165) is 10.5 Å². The van der Waals surface area contributed by atoms with Crippen molar-refractivity contribution in [3.05, 3.63) is 29.8 Å². The highest BCUT2D eigenvalue weighted by atomic mass is 16.5. The van der Waals surface area contributed by atoms with E-state index in [4.69, 9.17) is 4.74 Å². The zero-order chi connectivity index (χ0) is 18.4. The first-order chi connectivity index (χ1) is 12.0. The Morgan fingerprint density at radius 3 is 2.56 bits per heavy atom. The number of anilines is 1. The lowest BCUT2D eigenvalue weighted by Gasteiger charge is -2.19. The molecule has 7 heteroatoms. The van der Waals surface area contributed by atoms with Gasteiger partial charge in [-0.1, -0.05) is 17.7 Å².